The maximum absolute atomic E-state index is 11.9. The molecule has 22 heteroatoms. The van der Waals surface area contributed by atoms with E-state index in [2.05, 4.69) is 23.2 Å². The van der Waals surface area contributed by atoms with Crippen LogP contribution in [0.2, 0.25) is 0 Å². The third-order valence-corrected chi connectivity index (χ3v) is 7.28. The molecule has 0 spiro atoms. The molecule has 6 N–H and O–H groups in total. The molecule has 0 saturated carbocycles. The lowest BCUT2D eigenvalue weighted by Gasteiger charge is -2.31. The van der Waals surface area contributed by atoms with Gasteiger partial charge in [0.2, 0.25) is 5.88 Å². The van der Waals surface area contributed by atoms with Crippen molar-refractivity contribution in [1.29, 1.82) is 0 Å². The van der Waals surface area contributed by atoms with Gasteiger partial charge in [0.25, 0.3) is 5.56 Å². The van der Waals surface area contributed by atoms with Gasteiger partial charge in [-0.3, -0.25) is 14.3 Å². The minimum atomic E-state index is -5.81. The van der Waals surface area contributed by atoms with Gasteiger partial charge < -0.3 is 29.4 Å². The fourth-order valence-electron chi connectivity index (χ4n) is 2.24. The zero-order valence-electron chi connectivity index (χ0n) is 15.3. The quantitative estimate of drug-likeness (QED) is 0.0943. The molecule has 0 amide bonds. The van der Waals surface area contributed by atoms with E-state index in [9.17, 15) is 33.3 Å². The van der Waals surface area contributed by atoms with Gasteiger partial charge in [-0.25, -0.2) is 23.1 Å². The van der Waals surface area contributed by atoms with E-state index in [1.165, 1.54) is 0 Å². The van der Waals surface area contributed by atoms with Gasteiger partial charge in [-0.2, -0.15) is 8.62 Å². The van der Waals surface area contributed by atoms with E-state index in [1.54, 1.807) is 0 Å². The van der Waals surface area contributed by atoms with E-state index < -0.39 is 65.5 Å². The van der Waals surface area contributed by atoms with Gasteiger partial charge in [-0.1, -0.05) is 5.11 Å². The van der Waals surface area contributed by atoms with Crippen molar-refractivity contribution in [2.24, 2.45) is 5.11 Å². The number of nitrogens with one attached hydrogen (secondary N) is 1. The summed E-state index contributed by atoms with van der Waals surface area (Å²) in [6.07, 6.45) is 0.0904. The monoisotopic (exact) mass is 521 g/mol. The highest BCUT2D eigenvalue weighted by Gasteiger charge is 2.49. The van der Waals surface area contributed by atoms with Gasteiger partial charge in [0.15, 0.2) is 5.60 Å². The summed E-state index contributed by atoms with van der Waals surface area (Å²) in [7, 11) is -17.0. The molecule has 19 nitrogen and oxygen atoms in total. The standard InChI is InChI=1S/C10H14N5O14P3/c11-14-12-4-10(5-26-31(22,23)29-32(24,25)28-30(19,20)21)6(16)3-8(27-10)15-2-1-7(17)13-9(15)18/h1-3,6,16H,4-5H2,(H,22,23)(H,24,25)(H,13,17,18)(H2,19,20,21)/t6-,10+/m0/s1. The number of hydrogen-bond donors (Lipinski definition) is 6. The van der Waals surface area contributed by atoms with E-state index in [1.807, 2.05) is 4.98 Å². The number of hydrogen-bond acceptors (Lipinski definition) is 11. The number of aliphatic hydroxyl groups is 1. The predicted octanol–water partition coefficient (Wildman–Crippen LogP) is -0.882. The summed E-state index contributed by atoms with van der Waals surface area (Å²) in [6, 6.07) is 0.928. The van der Waals surface area contributed by atoms with E-state index >= 15 is 0 Å². The Bertz CT molecular complexity index is 1210. The van der Waals surface area contributed by atoms with Crippen LogP contribution in [0.5, 0.6) is 0 Å². The average Bonchev–Trinajstić information content (AvgIpc) is 2.92. The molecule has 0 bridgehead atoms. The largest absolute Gasteiger partial charge is 0.490 e. The summed E-state index contributed by atoms with van der Waals surface area (Å²) >= 11 is 0. The second kappa shape index (κ2) is 9.41. The Balaban J connectivity index is 2.25. The first kappa shape index (κ1) is 26.2. The van der Waals surface area contributed by atoms with Crippen molar-refractivity contribution in [2.45, 2.75) is 11.7 Å². The van der Waals surface area contributed by atoms with Crippen LogP contribution in [0.1, 0.15) is 0 Å². The zero-order valence-corrected chi connectivity index (χ0v) is 17.9. The molecule has 1 aliphatic heterocycles. The maximum atomic E-state index is 11.9. The summed E-state index contributed by atoms with van der Waals surface area (Å²) in [5, 5.41) is 13.5. The number of ether oxygens (including phenoxy) is 1. The molecule has 178 valence electrons. The SMILES string of the molecule is [N-]=[N+]=NC[C@]1(COP(=O)(O)OP(=O)(O)OP(=O)(O)O)OC(n2ccc(=O)[nH]c2=O)=C[C@@H]1O. The zero-order chi connectivity index (χ0) is 24.4. The van der Waals surface area contributed by atoms with Gasteiger partial charge in [-0.05, 0) is 5.53 Å². The Hall–Kier alpha value is -2.10. The highest BCUT2D eigenvalue weighted by molar-refractivity contribution is 7.66. The number of phosphoric ester groups is 1. The third-order valence-electron chi connectivity index (χ3n) is 3.50. The molecule has 0 fully saturated rings. The maximum Gasteiger partial charge on any atom is 0.490 e. The minimum Gasteiger partial charge on any atom is -0.466 e. The molecule has 1 aromatic heterocycles. The second-order valence-corrected chi connectivity index (χ2v) is 10.3. The summed E-state index contributed by atoms with van der Waals surface area (Å²) in [6.45, 7) is -1.96. The Kier molecular flexibility index (Phi) is 7.69. The third kappa shape index (κ3) is 6.95. The molecule has 1 aliphatic rings. The highest BCUT2D eigenvalue weighted by Crippen LogP contribution is 2.66. The van der Waals surface area contributed by atoms with Crippen molar-refractivity contribution in [2.75, 3.05) is 13.2 Å². The van der Waals surface area contributed by atoms with Crippen LogP contribution in [0.4, 0.5) is 0 Å². The number of H-pyrrole nitrogens is 1. The molecule has 2 unspecified atom stereocenters. The molecule has 32 heavy (non-hydrogen) atoms. The number of aromatic nitrogens is 2. The summed E-state index contributed by atoms with van der Waals surface area (Å²) < 4.78 is 51.6. The number of azide groups is 1. The van der Waals surface area contributed by atoms with Crippen molar-refractivity contribution in [3.8, 4) is 0 Å². The first-order valence-corrected chi connectivity index (χ1v) is 12.3. The Morgan fingerprint density at radius 1 is 1.22 bits per heavy atom. The molecule has 1 aromatic rings. The average molecular weight is 521 g/mol. The number of phosphoric acid groups is 3. The van der Waals surface area contributed by atoms with Crippen molar-refractivity contribution in [3.05, 3.63) is 49.6 Å². The number of aliphatic hydroxyl groups excluding tert-OH is 1. The normalized spacial score (nSPS) is 24.5. The number of aromatic amines is 1. The van der Waals surface area contributed by atoms with Crippen LogP contribution in [-0.4, -0.2) is 59.1 Å². The molecule has 4 atom stereocenters. The van der Waals surface area contributed by atoms with E-state index in [4.69, 9.17) is 24.9 Å². The van der Waals surface area contributed by atoms with E-state index in [0.717, 1.165) is 18.3 Å². The lowest BCUT2D eigenvalue weighted by atomic mass is 9.99. The van der Waals surface area contributed by atoms with Crippen LogP contribution in [0, 0.1) is 0 Å². The van der Waals surface area contributed by atoms with Crippen LogP contribution in [0.15, 0.2) is 33.0 Å². The first-order valence-electron chi connectivity index (χ1n) is 7.79. The van der Waals surface area contributed by atoms with Crippen molar-refractivity contribution >= 4 is 29.4 Å². The van der Waals surface area contributed by atoms with Gasteiger partial charge >= 0.3 is 29.2 Å². The topological polar surface area (TPSA) is 293 Å². The van der Waals surface area contributed by atoms with E-state index in [-0.39, 0.29) is 0 Å². The minimum absolute atomic E-state index is 0.415. The Morgan fingerprint density at radius 3 is 2.44 bits per heavy atom. The summed E-state index contributed by atoms with van der Waals surface area (Å²) in [5.74, 6) is -0.415. The smallest absolute Gasteiger partial charge is 0.466 e. The fourth-order valence-corrected chi connectivity index (χ4v) is 5.32. The molecule has 0 saturated heterocycles. The van der Waals surface area contributed by atoms with Crippen molar-refractivity contribution < 1.29 is 56.3 Å². The number of rotatable bonds is 10. The van der Waals surface area contributed by atoms with Gasteiger partial charge in [0, 0.05) is 23.3 Å². The molecule has 2 rings (SSSR count). The van der Waals surface area contributed by atoms with Crippen LogP contribution in [0.25, 0.3) is 16.3 Å². The lowest BCUT2D eigenvalue weighted by Crippen LogP contribution is -2.47. The molecule has 0 aromatic carbocycles. The fraction of sp³-hybridized carbons (Fsp3) is 0.400. The summed E-state index contributed by atoms with van der Waals surface area (Å²) in [4.78, 5) is 63.2. The van der Waals surface area contributed by atoms with Gasteiger partial charge in [0.1, 0.15) is 12.7 Å². The van der Waals surface area contributed by atoms with Crippen molar-refractivity contribution in [3.63, 3.8) is 0 Å². The van der Waals surface area contributed by atoms with Gasteiger partial charge in [0.05, 0.1) is 6.54 Å². The molecule has 0 radical (unpaired) electrons. The molecule has 2 heterocycles. The van der Waals surface area contributed by atoms with Crippen molar-refractivity contribution in [1.82, 2.24) is 9.55 Å². The highest BCUT2D eigenvalue weighted by atomic mass is 31.3. The second-order valence-electron chi connectivity index (χ2n) is 5.85. The van der Waals surface area contributed by atoms with Crippen LogP contribution in [-0.2, 0) is 31.6 Å². The van der Waals surface area contributed by atoms with Crippen LogP contribution in [0.3, 0.4) is 0 Å². The van der Waals surface area contributed by atoms with Crippen LogP contribution < -0.4 is 11.2 Å². The molecule has 0 aliphatic carbocycles. The van der Waals surface area contributed by atoms with Crippen LogP contribution >= 0.6 is 23.5 Å². The Morgan fingerprint density at radius 2 is 1.88 bits per heavy atom. The lowest BCUT2D eigenvalue weighted by molar-refractivity contribution is -0.0605. The molecular weight excluding hydrogens is 507 g/mol. The predicted molar refractivity (Wildman–Crippen MR) is 99.2 cm³/mol. The summed E-state index contributed by atoms with van der Waals surface area (Å²) in [5.41, 5.74) is 4.63. The Labute approximate surface area is 175 Å². The number of nitrogens with zero attached hydrogens (tertiary/aromatic N) is 4. The first-order chi connectivity index (χ1) is 14.6. The molecular formula is C10H14N5O14P3. The van der Waals surface area contributed by atoms with Gasteiger partial charge in [-0.15, -0.1) is 0 Å². The van der Waals surface area contributed by atoms with E-state index in [0.29, 0.717) is 4.57 Å².